The number of hydrogen-bond donors (Lipinski definition) is 3. The molecule has 0 saturated heterocycles. The first-order valence-corrected chi connectivity index (χ1v) is 10.1. The van der Waals surface area contributed by atoms with E-state index >= 15 is 0 Å². The third-order valence-electron chi connectivity index (χ3n) is 4.91. The van der Waals surface area contributed by atoms with Crippen LogP contribution in [0.4, 0.5) is 0 Å². The first-order chi connectivity index (χ1) is 15.1. The van der Waals surface area contributed by atoms with E-state index in [1.54, 1.807) is 13.1 Å². The van der Waals surface area contributed by atoms with Crippen molar-refractivity contribution in [2.24, 2.45) is 15.8 Å². The van der Waals surface area contributed by atoms with E-state index in [-0.39, 0.29) is 17.9 Å². The summed E-state index contributed by atoms with van der Waals surface area (Å²) in [5.74, 6) is 0.0851. The number of nitrogens with one attached hydrogen (secondary N) is 2. The highest BCUT2D eigenvalue weighted by atomic mass is 16.1. The van der Waals surface area contributed by atoms with Crippen molar-refractivity contribution >= 4 is 17.6 Å². The second-order valence-corrected chi connectivity index (χ2v) is 7.13. The number of aliphatic imine (C=N–C) groups is 1. The highest BCUT2D eigenvalue weighted by Crippen LogP contribution is 2.19. The molecule has 0 aliphatic heterocycles. The largest absolute Gasteiger partial charge is 0.369 e. The molecule has 3 rings (SSSR count). The topological polar surface area (TPSA) is 91.9 Å². The van der Waals surface area contributed by atoms with E-state index in [1.807, 2.05) is 73.7 Å². The summed E-state index contributed by atoms with van der Waals surface area (Å²) in [5.41, 5.74) is 12.6. The summed E-state index contributed by atoms with van der Waals surface area (Å²) < 4.78 is 0. The zero-order valence-corrected chi connectivity index (χ0v) is 17.7. The van der Waals surface area contributed by atoms with Crippen LogP contribution < -0.4 is 16.5 Å². The molecule has 3 aromatic carbocycles. The fourth-order valence-corrected chi connectivity index (χ4v) is 3.17. The Morgan fingerprint density at radius 3 is 2.26 bits per heavy atom. The number of nitrogens with two attached hydrogens (primary N) is 1. The van der Waals surface area contributed by atoms with Crippen LogP contribution in [0.25, 0.3) is 0 Å². The van der Waals surface area contributed by atoms with Crippen molar-refractivity contribution in [1.29, 1.82) is 0 Å². The Morgan fingerprint density at radius 1 is 0.935 bits per heavy atom. The maximum Gasteiger partial charge on any atom is 0.251 e. The molecule has 0 heterocycles. The number of rotatable bonds is 7. The van der Waals surface area contributed by atoms with Gasteiger partial charge in [-0.15, -0.1) is 0 Å². The zero-order chi connectivity index (χ0) is 22.1. The molecule has 0 fully saturated rings. The van der Waals surface area contributed by atoms with E-state index in [0.717, 1.165) is 16.7 Å². The lowest BCUT2D eigenvalue weighted by atomic mass is 9.98. The van der Waals surface area contributed by atoms with Gasteiger partial charge in [-0.05, 0) is 42.2 Å². The Labute approximate surface area is 182 Å². The highest BCUT2D eigenvalue weighted by Gasteiger charge is 2.17. The molecule has 1 atom stereocenters. The number of carbonyl (C=O) groups is 1. The Bertz CT molecular complexity index is 1060. The predicted molar refractivity (Wildman–Crippen MR) is 126 cm³/mol. The maximum atomic E-state index is 13.1. The van der Waals surface area contributed by atoms with Crippen LogP contribution in [0.3, 0.4) is 0 Å². The van der Waals surface area contributed by atoms with Crippen molar-refractivity contribution in [1.82, 2.24) is 10.7 Å². The predicted octanol–water partition coefficient (Wildman–Crippen LogP) is 3.66. The molecule has 3 aromatic rings. The maximum absolute atomic E-state index is 13.1. The first-order valence-electron chi connectivity index (χ1n) is 10.1. The van der Waals surface area contributed by atoms with Gasteiger partial charge in [-0.25, -0.2) is 5.43 Å². The van der Waals surface area contributed by atoms with Crippen LogP contribution in [0, 0.1) is 0 Å². The van der Waals surface area contributed by atoms with Crippen LogP contribution in [-0.4, -0.2) is 24.6 Å². The van der Waals surface area contributed by atoms with Gasteiger partial charge in [0.1, 0.15) is 0 Å². The average molecular weight is 414 g/mol. The van der Waals surface area contributed by atoms with E-state index in [2.05, 4.69) is 33.0 Å². The zero-order valence-electron chi connectivity index (χ0n) is 17.7. The van der Waals surface area contributed by atoms with Gasteiger partial charge in [0.2, 0.25) is 5.96 Å². The molecule has 6 heteroatoms. The van der Waals surface area contributed by atoms with Gasteiger partial charge in [0.25, 0.3) is 5.91 Å². The summed E-state index contributed by atoms with van der Waals surface area (Å²) >= 11 is 0. The summed E-state index contributed by atoms with van der Waals surface area (Å²) in [6.45, 7) is 1.84. The van der Waals surface area contributed by atoms with Crippen molar-refractivity contribution < 1.29 is 4.79 Å². The summed E-state index contributed by atoms with van der Waals surface area (Å²) in [7, 11) is 1.58. The molecule has 0 unspecified atom stereocenters. The highest BCUT2D eigenvalue weighted by molar-refractivity contribution is 6.02. The quantitative estimate of drug-likeness (QED) is 0.314. The summed E-state index contributed by atoms with van der Waals surface area (Å²) in [4.78, 5) is 16.9. The fraction of sp³-hybridized carbons (Fsp3) is 0.160. The third-order valence-corrected chi connectivity index (χ3v) is 4.91. The Balaban J connectivity index is 1.80. The summed E-state index contributed by atoms with van der Waals surface area (Å²) in [6, 6.07) is 27.4. The van der Waals surface area contributed by atoms with Crippen LogP contribution in [0.15, 0.2) is 95.0 Å². The fourth-order valence-electron chi connectivity index (χ4n) is 3.17. The lowest BCUT2D eigenvalue weighted by Crippen LogP contribution is -2.30. The number of carbonyl (C=O) groups excluding carboxylic acids is 1. The molecular weight excluding hydrogens is 386 g/mol. The normalized spacial score (nSPS) is 12.8. The van der Waals surface area contributed by atoms with E-state index in [0.29, 0.717) is 17.7 Å². The number of benzene rings is 3. The molecule has 31 heavy (non-hydrogen) atoms. The molecule has 6 nitrogen and oxygen atoms in total. The number of amides is 1. The third kappa shape index (κ3) is 6.27. The van der Waals surface area contributed by atoms with Gasteiger partial charge in [-0.3, -0.25) is 9.79 Å². The van der Waals surface area contributed by atoms with Crippen LogP contribution >= 0.6 is 0 Å². The lowest BCUT2D eigenvalue weighted by Gasteiger charge is -2.20. The van der Waals surface area contributed by atoms with Crippen LogP contribution in [0.2, 0.25) is 0 Å². The second-order valence-electron chi connectivity index (χ2n) is 7.13. The van der Waals surface area contributed by atoms with Gasteiger partial charge < -0.3 is 11.1 Å². The monoisotopic (exact) mass is 413 g/mol. The van der Waals surface area contributed by atoms with Gasteiger partial charge in [0, 0.05) is 12.6 Å². The molecule has 0 spiro atoms. The minimum Gasteiger partial charge on any atom is -0.369 e. The lowest BCUT2D eigenvalue weighted by molar-refractivity contribution is 0.0936. The van der Waals surface area contributed by atoms with E-state index < -0.39 is 0 Å². The van der Waals surface area contributed by atoms with E-state index in [1.165, 1.54) is 0 Å². The van der Waals surface area contributed by atoms with Gasteiger partial charge in [0.05, 0.1) is 11.8 Å². The molecule has 0 aliphatic carbocycles. The minimum atomic E-state index is -0.142. The second kappa shape index (κ2) is 10.7. The molecule has 0 aliphatic rings. The molecule has 158 valence electrons. The van der Waals surface area contributed by atoms with Crippen LogP contribution in [0.5, 0.6) is 0 Å². The average Bonchev–Trinajstić information content (AvgIpc) is 2.83. The van der Waals surface area contributed by atoms with Crippen molar-refractivity contribution in [2.45, 2.75) is 19.4 Å². The first kappa shape index (κ1) is 21.8. The van der Waals surface area contributed by atoms with Crippen LogP contribution in [0.1, 0.15) is 40.0 Å². The van der Waals surface area contributed by atoms with Crippen LogP contribution in [-0.2, 0) is 6.42 Å². The molecule has 0 radical (unpaired) electrons. The van der Waals surface area contributed by atoms with Gasteiger partial charge in [-0.1, -0.05) is 72.8 Å². The number of hydrazone groups is 1. The van der Waals surface area contributed by atoms with E-state index in [9.17, 15) is 4.79 Å². The molecule has 4 N–H and O–H groups in total. The minimum absolute atomic E-state index is 0.137. The smallest absolute Gasteiger partial charge is 0.251 e. The van der Waals surface area contributed by atoms with Gasteiger partial charge in [0.15, 0.2) is 0 Å². The van der Waals surface area contributed by atoms with Crippen molar-refractivity contribution in [3.05, 3.63) is 107 Å². The molecule has 0 aromatic heterocycles. The molecule has 0 saturated carbocycles. The number of guanidine groups is 1. The van der Waals surface area contributed by atoms with E-state index in [4.69, 9.17) is 5.73 Å². The van der Waals surface area contributed by atoms with Gasteiger partial charge in [-0.2, -0.15) is 5.10 Å². The van der Waals surface area contributed by atoms with Crippen molar-refractivity contribution in [2.75, 3.05) is 7.05 Å². The molecule has 0 bridgehead atoms. The Morgan fingerprint density at radius 2 is 1.58 bits per heavy atom. The van der Waals surface area contributed by atoms with Crippen molar-refractivity contribution in [3.8, 4) is 0 Å². The van der Waals surface area contributed by atoms with Gasteiger partial charge >= 0.3 is 0 Å². The Hall–Kier alpha value is -3.93. The standard InChI is InChI=1S/C25H27N5O/c1-18(29-30-25(26)27-2)21-14-9-15-22(17-21)24(31)28-23(20-12-7-4-8-13-20)16-19-10-5-3-6-11-19/h3-15,17,23H,16H2,1-2H3,(H,28,31)(H3,26,27,30)/b29-18+/t23-/m0/s1. The SMILES string of the molecule is CN=C(N)N/N=C(\C)c1cccc(C(=O)N[C@@H](Cc2ccccc2)c2ccccc2)c1. The summed E-state index contributed by atoms with van der Waals surface area (Å²) in [6.07, 6.45) is 0.705. The Kier molecular flexibility index (Phi) is 7.54. The number of hydrogen-bond acceptors (Lipinski definition) is 3. The number of nitrogens with zero attached hydrogens (tertiary/aromatic N) is 2. The summed E-state index contributed by atoms with van der Waals surface area (Å²) in [5, 5.41) is 7.40. The van der Waals surface area contributed by atoms with Crippen molar-refractivity contribution in [3.63, 3.8) is 0 Å². The molecular formula is C25H27N5O. The molecule has 1 amide bonds.